The van der Waals surface area contributed by atoms with Crippen molar-refractivity contribution in [2.45, 2.75) is 13.3 Å². The minimum atomic E-state index is -3.73. The van der Waals surface area contributed by atoms with Gasteiger partial charge in [0, 0.05) is 12.4 Å². The first-order valence-electron chi connectivity index (χ1n) is 8.52. The second-order valence-electron chi connectivity index (χ2n) is 6.11. The molecule has 8 nitrogen and oxygen atoms in total. The zero-order valence-electron chi connectivity index (χ0n) is 15.2. The van der Waals surface area contributed by atoms with Gasteiger partial charge < -0.3 is 11.1 Å². The fourth-order valence-corrected chi connectivity index (χ4v) is 3.99. The van der Waals surface area contributed by atoms with Crippen LogP contribution < -0.4 is 15.8 Å². The zero-order chi connectivity index (χ0) is 21.2. The average Bonchev–Trinajstić information content (AvgIpc) is 2.67. The summed E-state index contributed by atoms with van der Waals surface area (Å²) >= 11 is 6.03. The smallest absolute Gasteiger partial charge is 0.258 e. The lowest BCUT2D eigenvalue weighted by molar-refractivity contribution is 0.102. The number of carbonyl (C=O) groups is 1. The van der Waals surface area contributed by atoms with Crippen LogP contribution >= 0.6 is 11.6 Å². The van der Waals surface area contributed by atoms with Crippen molar-refractivity contribution < 1.29 is 17.6 Å². The van der Waals surface area contributed by atoms with Gasteiger partial charge >= 0.3 is 0 Å². The maximum Gasteiger partial charge on any atom is 0.258 e. The van der Waals surface area contributed by atoms with Crippen molar-refractivity contribution >= 4 is 55.6 Å². The van der Waals surface area contributed by atoms with Crippen LogP contribution in [0.2, 0.25) is 5.02 Å². The predicted octanol–water partition coefficient (Wildman–Crippen LogP) is 3.41. The van der Waals surface area contributed by atoms with E-state index >= 15 is 0 Å². The third kappa shape index (κ3) is 4.38. The Morgan fingerprint density at radius 1 is 1.17 bits per heavy atom. The Balaban J connectivity index is 1.98. The summed E-state index contributed by atoms with van der Waals surface area (Å²) in [6, 6.07) is 5.42. The molecule has 11 heteroatoms. The predicted molar refractivity (Wildman–Crippen MR) is 111 cm³/mol. The van der Waals surface area contributed by atoms with Gasteiger partial charge in [0.15, 0.2) is 5.82 Å². The minimum absolute atomic E-state index is 0.0971. The Kier molecular flexibility index (Phi) is 5.85. The molecule has 1 aromatic carbocycles. The molecular weight excluding hydrogens is 421 g/mol. The molecule has 0 saturated heterocycles. The van der Waals surface area contributed by atoms with E-state index in [-0.39, 0.29) is 33.2 Å². The number of nitrogen functional groups attached to an aromatic ring is 1. The lowest BCUT2D eigenvalue weighted by atomic mass is 10.1. The van der Waals surface area contributed by atoms with Crippen LogP contribution in [0.3, 0.4) is 0 Å². The molecule has 0 bridgehead atoms. The Bertz CT molecular complexity index is 1200. The van der Waals surface area contributed by atoms with Crippen molar-refractivity contribution in [3.8, 4) is 0 Å². The van der Waals surface area contributed by atoms with Gasteiger partial charge in [-0.3, -0.25) is 19.5 Å². The summed E-state index contributed by atoms with van der Waals surface area (Å²) in [5, 5.41) is 2.28. The number of aromatic nitrogens is 2. The van der Waals surface area contributed by atoms with E-state index in [2.05, 4.69) is 20.0 Å². The molecule has 29 heavy (non-hydrogen) atoms. The highest BCUT2D eigenvalue weighted by Crippen LogP contribution is 2.32. The van der Waals surface area contributed by atoms with E-state index in [1.165, 1.54) is 30.6 Å². The maximum absolute atomic E-state index is 14.9. The van der Waals surface area contributed by atoms with Crippen molar-refractivity contribution in [3.05, 3.63) is 53.1 Å². The summed E-state index contributed by atoms with van der Waals surface area (Å²) in [6.07, 6.45) is 3.16. The Morgan fingerprint density at radius 2 is 1.86 bits per heavy atom. The Hall–Kier alpha value is -2.98. The highest BCUT2D eigenvalue weighted by Gasteiger charge is 2.20. The molecule has 4 N–H and O–H groups in total. The molecule has 2 aromatic heterocycles. The van der Waals surface area contributed by atoms with Crippen LogP contribution in [0.4, 0.5) is 21.5 Å². The molecule has 2 heterocycles. The van der Waals surface area contributed by atoms with Gasteiger partial charge in [-0.25, -0.2) is 12.8 Å². The number of carbonyl (C=O) groups excluding carboxylic acids is 1. The maximum atomic E-state index is 14.9. The number of hydrogen-bond acceptors (Lipinski definition) is 6. The molecule has 3 aromatic rings. The SMILES string of the molecule is CCCS(=O)(=O)Nc1ccc(Cl)c(NC(=O)c2ccnc3c(N)ccnc23)c1F. The number of nitrogens with two attached hydrogens (primary N) is 1. The third-order valence-electron chi connectivity index (χ3n) is 3.97. The quantitative estimate of drug-likeness (QED) is 0.542. The van der Waals surface area contributed by atoms with Gasteiger partial charge in [-0.15, -0.1) is 0 Å². The van der Waals surface area contributed by atoms with Gasteiger partial charge in [0.25, 0.3) is 5.91 Å². The number of nitrogens with zero attached hydrogens (tertiary/aromatic N) is 2. The van der Waals surface area contributed by atoms with Crippen LogP contribution in [-0.4, -0.2) is 30.0 Å². The molecule has 0 saturated carbocycles. The van der Waals surface area contributed by atoms with Crippen molar-refractivity contribution in [1.29, 1.82) is 0 Å². The minimum Gasteiger partial charge on any atom is -0.397 e. The molecule has 0 atom stereocenters. The summed E-state index contributed by atoms with van der Waals surface area (Å²) < 4.78 is 40.9. The second kappa shape index (κ2) is 8.18. The second-order valence-corrected chi connectivity index (χ2v) is 8.36. The molecule has 1 amide bonds. The molecule has 152 valence electrons. The van der Waals surface area contributed by atoms with Gasteiger partial charge in [-0.05, 0) is 30.7 Å². The van der Waals surface area contributed by atoms with E-state index in [0.717, 1.165) is 0 Å². The van der Waals surface area contributed by atoms with Gasteiger partial charge in [0.2, 0.25) is 10.0 Å². The number of halogens is 2. The van der Waals surface area contributed by atoms with Crippen LogP contribution in [0.1, 0.15) is 23.7 Å². The van der Waals surface area contributed by atoms with E-state index < -0.39 is 21.7 Å². The van der Waals surface area contributed by atoms with Gasteiger partial charge in [-0.2, -0.15) is 0 Å². The summed E-state index contributed by atoms with van der Waals surface area (Å²) in [7, 11) is -3.73. The van der Waals surface area contributed by atoms with Crippen molar-refractivity contribution in [2.24, 2.45) is 0 Å². The molecule has 0 unspecified atom stereocenters. The molecule has 3 rings (SSSR count). The van der Waals surface area contributed by atoms with Crippen molar-refractivity contribution in [1.82, 2.24) is 9.97 Å². The molecule has 0 aliphatic carbocycles. The normalized spacial score (nSPS) is 11.4. The first kappa shape index (κ1) is 20.7. The zero-order valence-corrected chi connectivity index (χ0v) is 16.8. The van der Waals surface area contributed by atoms with Crippen molar-refractivity contribution in [2.75, 3.05) is 21.5 Å². The number of amides is 1. The average molecular weight is 438 g/mol. The largest absolute Gasteiger partial charge is 0.397 e. The number of nitrogens with one attached hydrogen (secondary N) is 2. The number of benzene rings is 1. The van der Waals surface area contributed by atoms with E-state index in [1.54, 1.807) is 13.0 Å². The van der Waals surface area contributed by atoms with Crippen LogP contribution in [-0.2, 0) is 10.0 Å². The Morgan fingerprint density at radius 3 is 2.59 bits per heavy atom. The lowest BCUT2D eigenvalue weighted by Gasteiger charge is -2.14. The number of hydrogen-bond donors (Lipinski definition) is 3. The van der Waals surface area contributed by atoms with Gasteiger partial charge in [0.05, 0.1) is 33.4 Å². The molecule has 0 aliphatic heterocycles. The fraction of sp³-hybridized carbons (Fsp3) is 0.167. The number of anilines is 3. The molecular formula is C18H17ClFN5O3S. The molecule has 0 fully saturated rings. The van der Waals surface area contributed by atoms with Crippen molar-refractivity contribution in [3.63, 3.8) is 0 Å². The molecule has 0 radical (unpaired) electrons. The molecule has 0 aliphatic rings. The summed E-state index contributed by atoms with van der Waals surface area (Å²) in [6.45, 7) is 1.68. The van der Waals surface area contributed by atoms with E-state index in [0.29, 0.717) is 17.6 Å². The van der Waals surface area contributed by atoms with Crippen LogP contribution in [0.15, 0.2) is 36.7 Å². The third-order valence-corrected chi connectivity index (χ3v) is 5.76. The number of pyridine rings is 2. The standard InChI is InChI=1S/C18H17ClFN5O3S/c1-2-9-29(27,28)25-13-4-3-11(19)16(14(13)20)24-18(26)10-5-7-23-17-12(21)6-8-22-15(10)17/h3-8,25H,2,9H2,1H3,(H2,21,22)(H,24,26). The summed E-state index contributed by atoms with van der Waals surface area (Å²) in [5.41, 5.74) is 6.18. The van der Waals surface area contributed by atoms with Gasteiger partial charge in [-0.1, -0.05) is 18.5 Å². The fourth-order valence-electron chi connectivity index (χ4n) is 2.66. The van der Waals surface area contributed by atoms with E-state index in [4.69, 9.17) is 17.3 Å². The first-order chi connectivity index (χ1) is 13.7. The summed E-state index contributed by atoms with van der Waals surface area (Å²) in [5.74, 6) is -1.88. The van der Waals surface area contributed by atoms with E-state index in [9.17, 15) is 17.6 Å². The summed E-state index contributed by atoms with van der Waals surface area (Å²) in [4.78, 5) is 21.0. The lowest BCUT2D eigenvalue weighted by Crippen LogP contribution is -2.19. The topological polar surface area (TPSA) is 127 Å². The number of fused-ring (bicyclic) bond motifs is 1. The first-order valence-corrected chi connectivity index (χ1v) is 10.6. The highest BCUT2D eigenvalue weighted by atomic mass is 35.5. The Labute approximate surface area is 171 Å². The number of rotatable bonds is 6. The van der Waals surface area contributed by atoms with Crippen LogP contribution in [0, 0.1) is 5.82 Å². The van der Waals surface area contributed by atoms with Crippen LogP contribution in [0.5, 0.6) is 0 Å². The monoisotopic (exact) mass is 437 g/mol. The van der Waals surface area contributed by atoms with Crippen LogP contribution in [0.25, 0.3) is 11.0 Å². The van der Waals surface area contributed by atoms with Gasteiger partial charge in [0.1, 0.15) is 11.0 Å². The number of sulfonamides is 1. The molecule has 0 spiro atoms. The highest BCUT2D eigenvalue weighted by molar-refractivity contribution is 7.92. The van der Waals surface area contributed by atoms with E-state index in [1.807, 2.05) is 0 Å².